The molecule has 1 aromatic carbocycles. The van der Waals surface area contributed by atoms with E-state index in [1.807, 2.05) is 0 Å². The fourth-order valence-electron chi connectivity index (χ4n) is 1.26. The lowest BCUT2D eigenvalue weighted by Crippen LogP contribution is -2.10. The van der Waals surface area contributed by atoms with Gasteiger partial charge in [0, 0.05) is 0 Å². The molecule has 0 aliphatic heterocycles. The number of carbonyl (C=O) groups is 2. The molecule has 0 aliphatic carbocycles. The molecule has 1 aromatic rings. The second-order valence-corrected chi connectivity index (χ2v) is 3.74. The van der Waals surface area contributed by atoms with Crippen LogP contribution in [0.1, 0.15) is 24.5 Å². The van der Waals surface area contributed by atoms with Crippen molar-refractivity contribution in [2.75, 3.05) is 0 Å². The number of halogens is 3. The van der Waals surface area contributed by atoms with Crippen LogP contribution in [0.15, 0.2) is 24.3 Å². The highest BCUT2D eigenvalue weighted by Gasteiger charge is 2.30. The van der Waals surface area contributed by atoms with Crippen LogP contribution in [0.5, 0.6) is 0 Å². The number of ether oxygens (including phenoxy) is 1. The van der Waals surface area contributed by atoms with Crippen LogP contribution in [0, 0.1) is 0 Å². The second-order valence-electron chi connectivity index (χ2n) is 3.74. The van der Waals surface area contributed by atoms with Gasteiger partial charge in [-0.25, -0.2) is 0 Å². The molecule has 0 spiro atoms. The minimum absolute atomic E-state index is 0.224. The van der Waals surface area contributed by atoms with Crippen molar-refractivity contribution < 1.29 is 27.5 Å². The van der Waals surface area contributed by atoms with Gasteiger partial charge in [0.25, 0.3) is 0 Å². The van der Waals surface area contributed by atoms with Gasteiger partial charge in [-0.05, 0) is 24.6 Å². The second kappa shape index (κ2) is 5.66. The summed E-state index contributed by atoms with van der Waals surface area (Å²) in [5.41, 5.74) is -0.579. The fraction of sp³-hybridized carbons (Fsp3) is 0.333. The van der Waals surface area contributed by atoms with Crippen LogP contribution in [-0.4, -0.2) is 11.8 Å². The zero-order chi connectivity index (χ0) is 13.8. The molecule has 3 nitrogen and oxygen atoms in total. The minimum atomic E-state index is -4.43. The molecule has 0 heterocycles. The lowest BCUT2D eigenvalue weighted by atomic mass is 10.1. The lowest BCUT2D eigenvalue weighted by molar-refractivity contribution is -0.146. The Kier molecular flexibility index (Phi) is 4.47. The number of esters is 1. The van der Waals surface area contributed by atoms with E-state index in [-0.39, 0.29) is 24.4 Å². The van der Waals surface area contributed by atoms with Gasteiger partial charge < -0.3 is 4.74 Å². The first-order chi connectivity index (χ1) is 8.29. The molecule has 0 saturated heterocycles. The van der Waals surface area contributed by atoms with E-state index in [1.165, 1.54) is 19.1 Å². The van der Waals surface area contributed by atoms with E-state index in [0.717, 1.165) is 12.1 Å². The molecular weight excluding hydrogens is 249 g/mol. The molecule has 0 saturated carbocycles. The van der Waals surface area contributed by atoms with Gasteiger partial charge in [-0.15, -0.1) is 0 Å². The highest BCUT2D eigenvalue weighted by atomic mass is 19.4. The first-order valence-corrected chi connectivity index (χ1v) is 5.10. The smallest absolute Gasteiger partial charge is 0.416 e. The zero-order valence-corrected chi connectivity index (χ0v) is 9.58. The highest BCUT2D eigenvalue weighted by Crippen LogP contribution is 2.29. The van der Waals surface area contributed by atoms with E-state index in [4.69, 9.17) is 0 Å². The molecule has 0 atom stereocenters. The Morgan fingerprint density at radius 1 is 1.28 bits per heavy atom. The number of rotatable bonds is 4. The quantitative estimate of drug-likeness (QED) is 0.617. The van der Waals surface area contributed by atoms with Gasteiger partial charge in [-0.1, -0.05) is 12.1 Å². The third kappa shape index (κ3) is 4.57. The topological polar surface area (TPSA) is 43.4 Å². The van der Waals surface area contributed by atoms with Crippen molar-refractivity contribution in [3.05, 3.63) is 35.4 Å². The van der Waals surface area contributed by atoms with Crippen LogP contribution in [0.2, 0.25) is 0 Å². The number of Topliss-reactive ketones (excluding diaryl/α,β-unsaturated/α-hetero) is 1. The van der Waals surface area contributed by atoms with E-state index < -0.39 is 17.7 Å². The highest BCUT2D eigenvalue weighted by molar-refractivity contribution is 5.94. The van der Waals surface area contributed by atoms with Crippen LogP contribution in [-0.2, 0) is 27.1 Å². The zero-order valence-electron chi connectivity index (χ0n) is 9.58. The molecule has 0 amide bonds. The molecule has 0 bridgehead atoms. The summed E-state index contributed by atoms with van der Waals surface area (Å²) in [4.78, 5) is 21.6. The number of carbonyl (C=O) groups excluding carboxylic acids is 2. The summed E-state index contributed by atoms with van der Waals surface area (Å²) in [7, 11) is 0. The number of alkyl halides is 3. The van der Waals surface area contributed by atoms with Gasteiger partial charge in [0.15, 0.2) is 0 Å². The summed E-state index contributed by atoms with van der Waals surface area (Å²) in [6.45, 7) is 0.946. The predicted octanol–water partition coefficient (Wildman–Crippen LogP) is 2.73. The molecule has 6 heteroatoms. The summed E-state index contributed by atoms with van der Waals surface area (Å²) in [5.74, 6) is -1.11. The Bertz CT molecular complexity index is 452. The van der Waals surface area contributed by atoms with Crippen LogP contribution in [0.25, 0.3) is 0 Å². The van der Waals surface area contributed by atoms with E-state index in [2.05, 4.69) is 4.74 Å². The van der Waals surface area contributed by atoms with Crippen LogP contribution >= 0.6 is 0 Å². The van der Waals surface area contributed by atoms with Crippen LogP contribution in [0.4, 0.5) is 13.2 Å². The average Bonchev–Trinajstić information content (AvgIpc) is 2.25. The van der Waals surface area contributed by atoms with Gasteiger partial charge in [-0.3, -0.25) is 9.59 Å². The Hall–Kier alpha value is -1.85. The molecule has 0 unspecified atom stereocenters. The molecule has 98 valence electrons. The summed E-state index contributed by atoms with van der Waals surface area (Å²) in [6, 6.07) is 4.48. The summed E-state index contributed by atoms with van der Waals surface area (Å²) >= 11 is 0. The molecule has 0 fully saturated rings. The fourth-order valence-corrected chi connectivity index (χ4v) is 1.26. The SMILES string of the molecule is CC(=O)CC(=O)OCc1cccc(C(F)(F)F)c1. The molecule has 0 radical (unpaired) electrons. The predicted molar refractivity (Wildman–Crippen MR) is 56.5 cm³/mol. The molecule has 1 rings (SSSR count). The molecule has 0 aliphatic rings. The maximum absolute atomic E-state index is 12.4. The molecule has 0 N–H and O–H groups in total. The summed E-state index contributed by atoms with van der Waals surface area (Å²) in [5, 5.41) is 0. The van der Waals surface area contributed by atoms with Gasteiger partial charge in [0.1, 0.15) is 18.8 Å². The van der Waals surface area contributed by atoms with Gasteiger partial charge >= 0.3 is 12.1 Å². The summed E-state index contributed by atoms with van der Waals surface area (Å²) < 4.78 is 41.8. The van der Waals surface area contributed by atoms with Crippen molar-refractivity contribution in [2.45, 2.75) is 26.1 Å². The van der Waals surface area contributed by atoms with Crippen LogP contribution in [0.3, 0.4) is 0 Å². The van der Waals surface area contributed by atoms with Crippen LogP contribution < -0.4 is 0 Å². The van der Waals surface area contributed by atoms with E-state index in [9.17, 15) is 22.8 Å². The number of hydrogen-bond acceptors (Lipinski definition) is 3. The Morgan fingerprint density at radius 2 is 1.94 bits per heavy atom. The summed E-state index contributed by atoms with van der Waals surface area (Å²) in [6.07, 6.45) is -4.81. The van der Waals surface area contributed by atoms with Crippen molar-refractivity contribution in [3.8, 4) is 0 Å². The third-order valence-electron chi connectivity index (χ3n) is 2.05. The number of benzene rings is 1. The molecule has 0 aromatic heterocycles. The van der Waals surface area contributed by atoms with Gasteiger partial charge in [0.2, 0.25) is 0 Å². The largest absolute Gasteiger partial charge is 0.460 e. The lowest BCUT2D eigenvalue weighted by Gasteiger charge is -2.09. The normalized spacial score (nSPS) is 11.1. The number of hydrogen-bond donors (Lipinski definition) is 0. The third-order valence-corrected chi connectivity index (χ3v) is 2.05. The van der Waals surface area contributed by atoms with Crippen molar-refractivity contribution in [1.82, 2.24) is 0 Å². The minimum Gasteiger partial charge on any atom is -0.460 e. The first-order valence-electron chi connectivity index (χ1n) is 5.10. The Morgan fingerprint density at radius 3 is 2.50 bits per heavy atom. The number of ketones is 1. The maximum atomic E-state index is 12.4. The van der Waals surface area contributed by atoms with Crippen molar-refractivity contribution >= 4 is 11.8 Å². The van der Waals surface area contributed by atoms with Crippen molar-refractivity contribution in [1.29, 1.82) is 0 Å². The van der Waals surface area contributed by atoms with E-state index in [1.54, 1.807) is 0 Å². The molecular formula is C12H11F3O3. The van der Waals surface area contributed by atoms with Gasteiger partial charge in [-0.2, -0.15) is 13.2 Å². The Labute approximate surface area is 102 Å². The maximum Gasteiger partial charge on any atom is 0.416 e. The first kappa shape index (κ1) is 14.2. The van der Waals surface area contributed by atoms with E-state index in [0.29, 0.717) is 0 Å². The Balaban J connectivity index is 2.63. The van der Waals surface area contributed by atoms with Crippen molar-refractivity contribution in [2.24, 2.45) is 0 Å². The average molecular weight is 260 g/mol. The van der Waals surface area contributed by atoms with Crippen molar-refractivity contribution in [3.63, 3.8) is 0 Å². The van der Waals surface area contributed by atoms with Gasteiger partial charge in [0.05, 0.1) is 5.56 Å². The standard InChI is InChI=1S/C12H11F3O3/c1-8(16)5-11(17)18-7-9-3-2-4-10(6-9)12(13,14)15/h2-4,6H,5,7H2,1H3. The monoisotopic (exact) mass is 260 g/mol. The van der Waals surface area contributed by atoms with E-state index >= 15 is 0 Å². The molecule has 18 heavy (non-hydrogen) atoms.